The van der Waals surface area contributed by atoms with Gasteiger partial charge in [0.1, 0.15) is 11.5 Å². The Balaban J connectivity index is 0.923. The molecular formula is C46H60N2O9Si4. The molecule has 0 atom stereocenters. The molecule has 0 N–H and O–H groups in total. The summed E-state index contributed by atoms with van der Waals surface area (Å²) in [5, 5.41) is 0. The summed E-state index contributed by atoms with van der Waals surface area (Å²) in [4.78, 5) is 54.2. The summed E-state index contributed by atoms with van der Waals surface area (Å²) in [5.41, 5.74) is 4.27. The smallest absolute Gasteiger partial charge is 0.312 e. The molecule has 0 unspecified atom stereocenters. The van der Waals surface area contributed by atoms with E-state index in [0.29, 0.717) is 52.5 Å². The first-order valence-corrected chi connectivity index (χ1v) is 33.0. The van der Waals surface area contributed by atoms with Gasteiger partial charge < -0.3 is 21.8 Å². The Hall–Kier alpha value is -4.49. The summed E-state index contributed by atoms with van der Waals surface area (Å²) in [5.74, 6) is 0.0296. The molecule has 4 aromatic carbocycles. The fourth-order valence-electron chi connectivity index (χ4n) is 8.27. The molecule has 0 saturated heterocycles. The first-order valence-electron chi connectivity index (χ1n) is 21.2. The Morgan fingerprint density at radius 2 is 0.885 bits per heavy atom. The quantitative estimate of drug-likeness (QED) is 0.0485. The number of rotatable bonds is 20. The van der Waals surface area contributed by atoms with Crippen molar-refractivity contribution in [2.24, 2.45) is 0 Å². The van der Waals surface area contributed by atoms with E-state index in [0.717, 1.165) is 48.4 Å². The van der Waals surface area contributed by atoms with Gasteiger partial charge in [-0.1, -0.05) is 42.7 Å². The predicted molar refractivity (Wildman–Crippen MR) is 249 cm³/mol. The topological polar surface area (TPSA) is 121 Å². The zero-order valence-corrected chi connectivity index (χ0v) is 41.3. The average Bonchev–Trinajstić information content (AvgIpc) is 3.56. The monoisotopic (exact) mass is 896 g/mol. The Morgan fingerprint density at radius 1 is 0.475 bits per heavy atom. The van der Waals surface area contributed by atoms with Crippen molar-refractivity contribution < 1.29 is 41.0 Å². The second-order valence-corrected chi connectivity index (χ2v) is 34.3. The second kappa shape index (κ2) is 18.5. The molecule has 61 heavy (non-hydrogen) atoms. The minimum Gasteiger partial charge on any atom is -0.494 e. The molecule has 15 heteroatoms. The van der Waals surface area contributed by atoms with Crippen LogP contribution in [0.5, 0.6) is 11.5 Å². The maximum atomic E-state index is 13.6. The van der Waals surface area contributed by atoms with Gasteiger partial charge in [0.2, 0.25) is 0 Å². The van der Waals surface area contributed by atoms with Crippen LogP contribution < -0.4 is 14.4 Å². The third-order valence-electron chi connectivity index (χ3n) is 10.8. The van der Waals surface area contributed by atoms with E-state index in [1.54, 1.807) is 60.7 Å². The maximum Gasteiger partial charge on any atom is 0.312 e. The van der Waals surface area contributed by atoms with Crippen LogP contribution in [0.15, 0.2) is 84.9 Å². The minimum atomic E-state index is -2.46. The summed E-state index contributed by atoms with van der Waals surface area (Å²) in [6, 6.07) is 27.3. The average molecular weight is 897 g/mol. The molecule has 324 valence electrons. The van der Waals surface area contributed by atoms with Crippen molar-refractivity contribution in [3.8, 4) is 22.6 Å². The lowest BCUT2D eigenvalue weighted by Crippen LogP contribution is -2.56. The normalized spacial score (nSPS) is 14.5. The Bertz CT molecular complexity index is 2280. The highest BCUT2D eigenvalue weighted by atomic mass is 28.5. The number of carbonyl (C=O) groups is 4. The van der Waals surface area contributed by atoms with E-state index in [9.17, 15) is 19.2 Å². The SMILES string of the molecule is Cc1ccc(OCCCC[Si](C)(C)O[Si](C)(C)O[Si](C)(C)O[Si](C)(C)CCCCOc2ccc(N3C(=O)c4ccc(-c5ccc6c(c5)C(=O)N(C)C6=O)cc4C3=O)cc2)cc1. The Kier molecular flexibility index (Phi) is 13.9. The molecule has 2 aliphatic rings. The second-order valence-electron chi connectivity index (χ2n) is 18.2. The van der Waals surface area contributed by atoms with Gasteiger partial charge in [-0.05, 0) is 156 Å². The molecule has 0 fully saturated rings. The van der Waals surface area contributed by atoms with Crippen LogP contribution in [0.1, 0.15) is 72.7 Å². The minimum absolute atomic E-state index is 0.281. The summed E-state index contributed by atoms with van der Waals surface area (Å²) in [7, 11) is -7.43. The van der Waals surface area contributed by atoms with Crippen molar-refractivity contribution in [2.45, 2.75) is 97.1 Å². The van der Waals surface area contributed by atoms with Crippen molar-refractivity contribution in [1.29, 1.82) is 0 Å². The zero-order chi connectivity index (χ0) is 44.3. The molecule has 4 amide bonds. The molecule has 0 bridgehead atoms. The van der Waals surface area contributed by atoms with Gasteiger partial charge in [-0.2, -0.15) is 0 Å². The number of imide groups is 2. The molecular weight excluding hydrogens is 837 g/mol. The first-order chi connectivity index (χ1) is 28.6. The zero-order valence-electron chi connectivity index (χ0n) is 37.3. The van der Waals surface area contributed by atoms with Crippen molar-refractivity contribution in [3.63, 3.8) is 0 Å². The number of ether oxygens (including phenoxy) is 2. The van der Waals surface area contributed by atoms with Crippen molar-refractivity contribution in [1.82, 2.24) is 4.90 Å². The number of unbranched alkanes of at least 4 members (excludes halogenated alkanes) is 2. The number of benzene rings is 4. The van der Waals surface area contributed by atoms with Crippen LogP contribution in [0.2, 0.25) is 64.5 Å². The summed E-state index contributed by atoms with van der Waals surface area (Å²) in [6.45, 7) is 21.0. The fraction of sp³-hybridized carbons (Fsp3) is 0.391. The van der Waals surface area contributed by atoms with Crippen molar-refractivity contribution >= 4 is 63.1 Å². The molecule has 0 spiro atoms. The van der Waals surface area contributed by atoms with E-state index in [1.165, 1.54) is 17.5 Å². The predicted octanol–water partition coefficient (Wildman–Crippen LogP) is 10.6. The van der Waals surface area contributed by atoms with Gasteiger partial charge in [-0.15, -0.1) is 0 Å². The lowest BCUT2D eigenvalue weighted by molar-refractivity contribution is 0.0692. The maximum absolute atomic E-state index is 13.6. The third kappa shape index (κ3) is 11.5. The highest BCUT2D eigenvalue weighted by Crippen LogP contribution is 2.35. The fourth-order valence-corrected chi connectivity index (χ4v) is 27.8. The van der Waals surface area contributed by atoms with Gasteiger partial charge in [0, 0.05) is 7.05 Å². The molecule has 11 nitrogen and oxygen atoms in total. The van der Waals surface area contributed by atoms with Crippen LogP contribution in [0.4, 0.5) is 5.69 Å². The Labute approximate surface area is 365 Å². The standard InChI is InChI=1S/C46H60N2O9Si4/c1-33-15-21-37(22-16-33)53-27-11-13-29-58(3,4)55-60(7,8)57-61(9,10)56-59(5,6)30-14-12-28-54-38-23-19-36(20-24-38)48-45(51)40-26-18-35(32-42(40)46(48)52)34-17-25-39-41(31-34)44(50)47(2)43(39)49/h15-26,31-32H,11-14,27-30H2,1-10H3. The van der Waals surface area contributed by atoms with Crippen LogP contribution in [-0.2, 0) is 12.3 Å². The summed E-state index contributed by atoms with van der Waals surface area (Å²) in [6.07, 6.45) is 3.87. The van der Waals surface area contributed by atoms with E-state index in [4.69, 9.17) is 21.8 Å². The van der Waals surface area contributed by atoms with Crippen LogP contribution in [0.3, 0.4) is 0 Å². The molecule has 0 aromatic heterocycles. The van der Waals surface area contributed by atoms with Crippen LogP contribution in [0, 0.1) is 6.92 Å². The van der Waals surface area contributed by atoms with Crippen molar-refractivity contribution in [3.05, 3.63) is 113 Å². The van der Waals surface area contributed by atoms with Gasteiger partial charge in [0.05, 0.1) is 41.2 Å². The number of hydrogen-bond donors (Lipinski definition) is 0. The number of carbonyl (C=O) groups excluding carboxylic acids is 4. The number of anilines is 1. The molecule has 6 rings (SSSR count). The van der Waals surface area contributed by atoms with Gasteiger partial charge in [-0.3, -0.25) is 24.1 Å². The molecule has 0 radical (unpaired) electrons. The van der Waals surface area contributed by atoms with E-state index in [1.807, 2.05) is 12.1 Å². The van der Waals surface area contributed by atoms with E-state index in [-0.39, 0.29) is 17.4 Å². The summed E-state index contributed by atoms with van der Waals surface area (Å²) >= 11 is 0. The van der Waals surface area contributed by atoms with Gasteiger partial charge >= 0.3 is 17.1 Å². The highest BCUT2D eigenvalue weighted by Gasteiger charge is 2.43. The highest BCUT2D eigenvalue weighted by molar-refractivity contribution is 6.89. The van der Waals surface area contributed by atoms with Gasteiger partial charge in [0.25, 0.3) is 23.6 Å². The molecule has 0 saturated carbocycles. The number of fused-ring (bicyclic) bond motifs is 2. The van der Waals surface area contributed by atoms with Crippen molar-refractivity contribution in [2.75, 3.05) is 25.2 Å². The van der Waals surface area contributed by atoms with Crippen LogP contribution in [-0.4, -0.2) is 82.5 Å². The molecule has 2 aliphatic heterocycles. The first kappa shape index (κ1) is 46.0. The van der Waals surface area contributed by atoms with Gasteiger partial charge in [-0.25, -0.2) is 4.90 Å². The number of amides is 4. The Morgan fingerprint density at radius 3 is 1.38 bits per heavy atom. The lowest BCUT2D eigenvalue weighted by atomic mass is 9.97. The van der Waals surface area contributed by atoms with E-state index >= 15 is 0 Å². The van der Waals surface area contributed by atoms with Crippen LogP contribution in [0.25, 0.3) is 11.1 Å². The largest absolute Gasteiger partial charge is 0.494 e. The van der Waals surface area contributed by atoms with E-state index < -0.39 is 45.6 Å². The molecule has 2 heterocycles. The molecule has 4 aromatic rings. The number of hydrogen-bond acceptors (Lipinski definition) is 9. The number of aryl methyl sites for hydroxylation is 1. The molecule has 0 aliphatic carbocycles. The summed E-state index contributed by atoms with van der Waals surface area (Å²) < 4.78 is 32.4. The van der Waals surface area contributed by atoms with E-state index in [2.05, 4.69) is 71.4 Å². The van der Waals surface area contributed by atoms with Gasteiger partial charge in [0.15, 0.2) is 16.6 Å². The third-order valence-corrected chi connectivity index (χ3v) is 26.2. The van der Waals surface area contributed by atoms with Crippen LogP contribution >= 0.6 is 0 Å². The lowest BCUT2D eigenvalue weighted by Gasteiger charge is -2.41. The number of nitrogens with zero attached hydrogens (tertiary/aromatic N) is 2.